The van der Waals surface area contributed by atoms with Gasteiger partial charge >= 0.3 is 5.97 Å². The van der Waals surface area contributed by atoms with Crippen molar-refractivity contribution in [2.45, 2.75) is 70.8 Å². The largest absolute Gasteiger partial charge is 0.481 e. The summed E-state index contributed by atoms with van der Waals surface area (Å²) in [6.07, 6.45) is 5.48. The maximum Gasteiger partial charge on any atom is 0.309 e. The highest BCUT2D eigenvalue weighted by atomic mass is 16.4. The Hall–Kier alpha value is -1.16. The van der Waals surface area contributed by atoms with Crippen LogP contribution in [-0.4, -0.2) is 27.6 Å². The van der Waals surface area contributed by atoms with Gasteiger partial charge in [0.2, 0.25) is 0 Å². The molecule has 4 fully saturated rings. The van der Waals surface area contributed by atoms with Gasteiger partial charge in [0.05, 0.1) is 11.0 Å². The Balaban J connectivity index is 1.82. The van der Waals surface area contributed by atoms with Crippen molar-refractivity contribution in [1.29, 1.82) is 0 Å². The summed E-state index contributed by atoms with van der Waals surface area (Å²) < 4.78 is 0. The fraction of sp³-hybridized carbons (Fsp3) is 0.800. The van der Waals surface area contributed by atoms with Crippen LogP contribution in [0.25, 0.3) is 0 Å². The third-order valence-electron chi connectivity index (χ3n) is 8.51. The lowest BCUT2D eigenvalue weighted by atomic mass is 9.40. The molecule has 0 aromatic carbocycles. The van der Waals surface area contributed by atoms with Crippen LogP contribution in [0.3, 0.4) is 0 Å². The van der Waals surface area contributed by atoms with Crippen LogP contribution in [0, 0.1) is 28.1 Å². The lowest BCUT2D eigenvalue weighted by Crippen LogP contribution is -2.62. The van der Waals surface area contributed by atoms with Gasteiger partial charge in [0.25, 0.3) is 0 Å². The van der Waals surface area contributed by atoms with Crippen LogP contribution in [0.1, 0.15) is 65.2 Å². The van der Waals surface area contributed by atoms with Crippen LogP contribution in [0.5, 0.6) is 0 Å². The van der Waals surface area contributed by atoms with E-state index in [1.807, 2.05) is 6.92 Å². The number of aliphatic hydroxyl groups is 1. The van der Waals surface area contributed by atoms with Crippen molar-refractivity contribution >= 4 is 11.8 Å². The van der Waals surface area contributed by atoms with Crippen LogP contribution in [-0.2, 0) is 9.59 Å². The summed E-state index contributed by atoms with van der Waals surface area (Å²) in [7, 11) is 0. The number of aliphatic carboxylic acids is 1. The summed E-state index contributed by atoms with van der Waals surface area (Å²) in [4.78, 5) is 25.3. The van der Waals surface area contributed by atoms with E-state index in [1.165, 1.54) is 0 Å². The van der Waals surface area contributed by atoms with Gasteiger partial charge in [0.15, 0.2) is 0 Å². The number of hydrogen-bond donors (Lipinski definition) is 2. The van der Waals surface area contributed by atoms with E-state index in [0.29, 0.717) is 32.1 Å². The molecule has 0 aromatic heterocycles. The molecule has 4 aliphatic carbocycles. The molecule has 132 valence electrons. The number of carbonyl (C=O) groups is 2. The molecule has 4 nitrogen and oxygen atoms in total. The number of rotatable bonds is 1. The average Bonchev–Trinajstić information content (AvgIpc) is 2.68. The van der Waals surface area contributed by atoms with Crippen LogP contribution in [0.2, 0.25) is 0 Å². The average molecular weight is 332 g/mol. The second kappa shape index (κ2) is 4.51. The number of fused-ring (bicyclic) bond motifs is 3. The minimum Gasteiger partial charge on any atom is -0.481 e. The van der Waals surface area contributed by atoms with Gasteiger partial charge < -0.3 is 10.2 Å². The molecule has 4 saturated carbocycles. The number of carboxylic acid groups (broad SMARTS) is 1. The fourth-order valence-electron chi connectivity index (χ4n) is 7.21. The van der Waals surface area contributed by atoms with E-state index in [1.54, 1.807) is 0 Å². The van der Waals surface area contributed by atoms with Crippen molar-refractivity contribution in [3.63, 3.8) is 0 Å². The Morgan fingerprint density at radius 1 is 1.21 bits per heavy atom. The first-order valence-electron chi connectivity index (χ1n) is 9.26. The zero-order chi connectivity index (χ0) is 17.5. The lowest BCUT2D eigenvalue weighted by molar-refractivity contribution is -0.189. The third-order valence-corrected chi connectivity index (χ3v) is 8.51. The van der Waals surface area contributed by atoms with E-state index in [0.717, 1.165) is 24.8 Å². The van der Waals surface area contributed by atoms with Gasteiger partial charge in [-0.2, -0.15) is 0 Å². The molecule has 0 saturated heterocycles. The summed E-state index contributed by atoms with van der Waals surface area (Å²) in [5.74, 6) is -0.499. The normalized spacial score (nSPS) is 53.5. The highest BCUT2D eigenvalue weighted by Gasteiger charge is 2.70. The van der Waals surface area contributed by atoms with Gasteiger partial charge in [-0.25, -0.2) is 0 Å². The molecule has 4 aliphatic rings. The molecule has 1 unspecified atom stereocenters. The van der Waals surface area contributed by atoms with E-state index in [2.05, 4.69) is 13.5 Å². The van der Waals surface area contributed by atoms with Gasteiger partial charge in [-0.05, 0) is 68.3 Å². The van der Waals surface area contributed by atoms with E-state index in [9.17, 15) is 19.8 Å². The SMILES string of the molecule is C=C1C[C@@]23C[C@@]1(O)CC[C@@H]2[C@@]1(C)CCCC(C)(C(=O)O)[C@@H]1CC3=O. The number of carbonyl (C=O) groups excluding carboxylic acids is 1. The Kier molecular flexibility index (Phi) is 3.07. The van der Waals surface area contributed by atoms with Crippen molar-refractivity contribution < 1.29 is 19.8 Å². The first kappa shape index (κ1) is 16.3. The molecule has 0 aliphatic heterocycles. The maximum absolute atomic E-state index is 13.3. The molecule has 0 heterocycles. The van der Waals surface area contributed by atoms with Gasteiger partial charge in [0, 0.05) is 11.8 Å². The number of Topliss-reactive ketones (excluding diaryl/α,β-unsaturated/α-hetero) is 1. The van der Waals surface area contributed by atoms with Crippen molar-refractivity contribution in [3.8, 4) is 0 Å². The molecule has 24 heavy (non-hydrogen) atoms. The van der Waals surface area contributed by atoms with Gasteiger partial charge in [0.1, 0.15) is 5.78 Å². The van der Waals surface area contributed by atoms with E-state index in [4.69, 9.17) is 0 Å². The quantitative estimate of drug-likeness (QED) is 0.722. The maximum atomic E-state index is 13.3. The lowest BCUT2D eigenvalue weighted by Gasteiger charge is -2.62. The number of ketones is 1. The van der Waals surface area contributed by atoms with Crippen molar-refractivity contribution in [2.75, 3.05) is 0 Å². The molecule has 1 spiro atoms. The van der Waals surface area contributed by atoms with Crippen LogP contribution >= 0.6 is 0 Å². The molecular formula is C20H28O4. The molecule has 6 atom stereocenters. The van der Waals surface area contributed by atoms with Crippen LogP contribution < -0.4 is 0 Å². The molecule has 2 N–H and O–H groups in total. The Morgan fingerprint density at radius 3 is 2.58 bits per heavy atom. The fourth-order valence-corrected chi connectivity index (χ4v) is 7.21. The molecule has 0 amide bonds. The van der Waals surface area contributed by atoms with Crippen molar-refractivity contribution in [1.82, 2.24) is 0 Å². The van der Waals surface area contributed by atoms with Gasteiger partial charge in [-0.3, -0.25) is 9.59 Å². The second-order valence-electron chi connectivity index (χ2n) is 9.50. The molecular weight excluding hydrogens is 304 g/mol. The van der Waals surface area contributed by atoms with E-state index >= 15 is 0 Å². The summed E-state index contributed by atoms with van der Waals surface area (Å²) in [6.45, 7) is 8.14. The summed E-state index contributed by atoms with van der Waals surface area (Å²) >= 11 is 0. The van der Waals surface area contributed by atoms with Crippen LogP contribution in [0.4, 0.5) is 0 Å². The first-order chi connectivity index (χ1) is 11.1. The van der Waals surface area contributed by atoms with Gasteiger partial charge in [-0.1, -0.05) is 19.9 Å². The molecule has 4 heteroatoms. The highest BCUT2D eigenvalue weighted by Crippen LogP contribution is 2.71. The van der Waals surface area contributed by atoms with Crippen molar-refractivity contribution in [2.24, 2.45) is 28.1 Å². The Labute approximate surface area is 143 Å². The third kappa shape index (κ3) is 1.68. The Bertz CT molecular complexity index is 654. The van der Waals surface area contributed by atoms with Crippen molar-refractivity contribution in [3.05, 3.63) is 12.2 Å². The summed E-state index contributed by atoms with van der Waals surface area (Å²) in [5, 5.41) is 20.7. The molecule has 2 bridgehead atoms. The number of hydrogen-bond acceptors (Lipinski definition) is 3. The summed E-state index contributed by atoms with van der Waals surface area (Å²) in [5.41, 5.74) is -1.50. The molecule has 4 rings (SSSR count). The molecule has 0 radical (unpaired) electrons. The highest BCUT2D eigenvalue weighted by molar-refractivity contribution is 5.89. The minimum absolute atomic E-state index is 0.0977. The van der Waals surface area contributed by atoms with E-state index < -0.39 is 22.4 Å². The number of carboxylic acids is 1. The zero-order valence-electron chi connectivity index (χ0n) is 14.7. The standard InChI is InChI=1S/C20H28O4/c1-12-10-19-11-20(12,24)8-5-13(19)17(2)6-4-7-18(3,16(22)23)14(17)9-15(19)21/h13-14,24H,1,4-11H2,2-3H3,(H,22,23)/t13-,14-,17-,18?,19-,20+/m1/s1. The second-order valence-corrected chi connectivity index (χ2v) is 9.50. The van der Waals surface area contributed by atoms with Crippen LogP contribution in [0.15, 0.2) is 12.2 Å². The monoisotopic (exact) mass is 332 g/mol. The first-order valence-corrected chi connectivity index (χ1v) is 9.26. The predicted octanol–water partition coefficient (Wildman–Crippen LogP) is 3.33. The topological polar surface area (TPSA) is 74.6 Å². The smallest absolute Gasteiger partial charge is 0.309 e. The predicted molar refractivity (Wildman–Crippen MR) is 89.3 cm³/mol. The Morgan fingerprint density at radius 2 is 1.92 bits per heavy atom. The summed E-state index contributed by atoms with van der Waals surface area (Å²) in [6, 6.07) is 0. The minimum atomic E-state index is -0.875. The molecule has 0 aromatic rings. The van der Waals surface area contributed by atoms with E-state index in [-0.39, 0.29) is 23.0 Å². The van der Waals surface area contributed by atoms with Gasteiger partial charge in [-0.15, -0.1) is 0 Å². The zero-order valence-corrected chi connectivity index (χ0v) is 14.7.